The molecule has 1 aliphatic heterocycles. The van der Waals surface area contributed by atoms with Crippen LogP contribution in [0, 0.1) is 0 Å². The van der Waals surface area contributed by atoms with E-state index in [1.54, 1.807) is 23.1 Å². The molecule has 0 radical (unpaired) electrons. The molecule has 20 heavy (non-hydrogen) atoms. The Morgan fingerprint density at radius 1 is 1.40 bits per heavy atom. The fourth-order valence-corrected chi connectivity index (χ4v) is 2.50. The van der Waals surface area contributed by atoms with E-state index in [4.69, 9.17) is 4.74 Å². The summed E-state index contributed by atoms with van der Waals surface area (Å²) in [5.41, 5.74) is 0.590. The number of carbonyl (C=O) groups is 2. The topological polar surface area (TPSA) is 58.6 Å². The molecule has 0 aromatic heterocycles. The van der Waals surface area contributed by atoms with Crippen LogP contribution >= 0.6 is 15.9 Å². The monoisotopic (exact) mass is 340 g/mol. The summed E-state index contributed by atoms with van der Waals surface area (Å²) in [6, 6.07) is 7.02. The van der Waals surface area contributed by atoms with Crippen LogP contribution in [0.2, 0.25) is 0 Å². The first kappa shape index (κ1) is 15.0. The Balaban J connectivity index is 2.03. The average Bonchev–Trinajstić information content (AvgIpc) is 2.41. The van der Waals surface area contributed by atoms with Crippen molar-refractivity contribution in [1.82, 2.24) is 4.90 Å². The Kier molecular flexibility index (Phi) is 4.77. The molecule has 1 heterocycles. The second-order valence-corrected chi connectivity index (χ2v) is 5.70. The molecule has 108 valence electrons. The van der Waals surface area contributed by atoms with Gasteiger partial charge in [0.1, 0.15) is 0 Å². The van der Waals surface area contributed by atoms with Crippen molar-refractivity contribution in [2.24, 2.45) is 0 Å². The number of benzene rings is 1. The second kappa shape index (κ2) is 6.37. The summed E-state index contributed by atoms with van der Waals surface area (Å²) in [5.74, 6) is -1.14. The maximum atomic E-state index is 12.2. The van der Waals surface area contributed by atoms with Gasteiger partial charge in [-0.1, -0.05) is 22.0 Å². The van der Waals surface area contributed by atoms with E-state index >= 15 is 0 Å². The van der Waals surface area contributed by atoms with E-state index in [-0.39, 0.29) is 12.1 Å². The summed E-state index contributed by atoms with van der Waals surface area (Å²) in [7, 11) is 0. The molecule has 1 aliphatic rings. The zero-order valence-electron chi connectivity index (χ0n) is 11.4. The van der Waals surface area contributed by atoms with Gasteiger partial charge in [-0.15, -0.1) is 0 Å². The van der Waals surface area contributed by atoms with Gasteiger partial charge in [-0.3, -0.25) is 9.59 Å². The maximum Gasteiger partial charge on any atom is 0.313 e. The van der Waals surface area contributed by atoms with Crippen LogP contribution in [0.5, 0.6) is 0 Å². The third-order valence-electron chi connectivity index (χ3n) is 3.42. The van der Waals surface area contributed by atoms with Crippen LogP contribution in [0.15, 0.2) is 28.7 Å². The zero-order valence-corrected chi connectivity index (χ0v) is 13.0. The van der Waals surface area contributed by atoms with Crippen LogP contribution in [-0.4, -0.2) is 42.0 Å². The Bertz CT molecular complexity index is 521. The molecule has 0 saturated carbocycles. The number of halogens is 1. The maximum absolute atomic E-state index is 12.2. The molecule has 0 unspecified atom stereocenters. The van der Waals surface area contributed by atoms with E-state index in [0.29, 0.717) is 18.8 Å². The molecule has 2 atom stereocenters. The minimum Gasteiger partial charge on any atom is -0.375 e. The lowest BCUT2D eigenvalue weighted by atomic mass is 10.1. The molecule has 1 aromatic carbocycles. The summed E-state index contributed by atoms with van der Waals surface area (Å²) >= 11 is 3.32. The lowest BCUT2D eigenvalue weighted by Crippen LogP contribution is -2.54. The van der Waals surface area contributed by atoms with Gasteiger partial charge in [-0.05, 0) is 32.0 Å². The van der Waals surface area contributed by atoms with Crippen molar-refractivity contribution in [3.63, 3.8) is 0 Å². The van der Waals surface area contributed by atoms with Gasteiger partial charge in [0.05, 0.1) is 18.8 Å². The lowest BCUT2D eigenvalue weighted by Gasteiger charge is -2.37. The fraction of sp³-hybridized carbons (Fsp3) is 0.429. The lowest BCUT2D eigenvalue weighted by molar-refractivity contribution is -0.152. The standard InChI is InChI=1S/C14H17BrN2O3/c1-9-10(2)20-7-6-17(9)14(19)13(18)16-12-5-3-4-11(15)8-12/h3-5,8-10H,6-7H2,1-2H3,(H,16,18)/t9-,10+/m1/s1. The van der Waals surface area contributed by atoms with E-state index in [1.165, 1.54) is 0 Å². The van der Waals surface area contributed by atoms with Crippen molar-refractivity contribution in [2.75, 3.05) is 18.5 Å². The largest absolute Gasteiger partial charge is 0.375 e. The average molecular weight is 341 g/mol. The number of rotatable bonds is 1. The van der Waals surface area contributed by atoms with Crippen LogP contribution in [-0.2, 0) is 14.3 Å². The molecule has 2 rings (SSSR count). The van der Waals surface area contributed by atoms with Gasteiger partial charge in [0.25, 0.3) is 0 Å². The number of hydrogen-bond acceptors (Lipinski definition) is 3. The van der Waals surface area contributed by atoms with Crippen LogP contribution in [0.25, 0.3) is 0 Å². The van der Waals surface area contributed by atoms with E-state index in [0.717, 1.165) is 4.47 Å². The van der Waals surface area contributed by atoms with E-state index in [9.17, 15) is 9.59 Å². The number of morpholine rings is 1. The van der Waals surface area contributed by atoms with E-state index in [2.05, 4.69) is 21.2 Å². The van der Waals surface area contributed by atoms with Crippen molar-refractivity contribution in [3.05, 3.63) is 28.7 Å². The fourth-order valence-electron chi connectivity index (χ4n) is 2.10. The summed E-state index contributed by atoms with van der Waals surface area (Å²) in [6.45, 7) is 4.68. The number of anilines is 1. The van der Waals surface area contributed by atoms with Gasteiger partial charge in [-0.25, -0.2) is 0 Å². The van der Waals surface area contributed by atoms with Gasteiger partial charge in [-0.2, -0.15) is 0 Å². The van der Waals surface area contributed by atoms with Crippen molar-refractivity contribution < 1.29 is 14.3 Å². The molecule has 0 bridgehead atoms. The van der Waals surface area contributed by atoms with Crippen molar-refractivity contribution >= 4 is 33.4 Å². The predicted octanol–water partition coefficient (Wildman–Crippen LogP) is 2.02. The minimum absolute atomic E-state index is 0.0635. The van der Waals surface area contributed by atoms with Crippen molar-refractivity contribution in [2.45, 2.75) is 26.0 Å². The SMILES string of the molecule is C[C@@H]1OCCN(C(=O)C(=O)Nc2cccc(Br)c2)[C@@H]1C. The zero-order chi connectivity index (χ0) is 14.7. The highest BCUT2D eigenvalue weighted by Crippen LogP contribution is 2.17. The normalized spacial score (nSPS) is 22.4. The molecule has 1 N–H and O–H groups in total. The molecule has 5 nitrogen and oxygen atoms in total. The number of nitrogens with one attached hydrogen (secondary N) is 1. The molecule has 2 amide bonds. The van der Waals surface area contributed by atoms with Crippen molar-refractivity contribution in [1.29, 1.82) is 0 Å². The molecular weight excluding hydrogens is 324 g/mol. The number of ether oxygens (including phenoxy) is 1. The minimum atomic E-state index is -0.621. The number of hydrogen-bond donors (Lipinski definition) is 1. The van der Waals surface area contributed by atoms with E-state index < -0.39 is 11.8 Å². The number of amides is 2. The van der Waals surface area contributed by atoms with E-state index in [1.807, 2.05) is 19.9 Å². The van der Waals surface area contributed by atoms with Gasteiger partial charge in [0.15, 0.2) is 0 Å². The molecule has 6 heteroatoms. The third kappa shape index (κ3) is 3.37. The highest BCUT2D eigenvalue weighted by Gasteiger charge is 2.32. The van der Waals surface area contributed by atoms with Crippen LogP contribution < -0.4 is 5.32 Å². The Hall–Kier alpha value is -1.40. The molecule has 0 aliphatic carbocycles. The second-order valence-electron chi connectivity index (χ2n) is 4.78. The highest BCUT2D eigenvalue weighted by atomic mass is 79.9. The summed E-state index contributed by atoms with van der Waals surface area (Å²) in [4.78, 5) is 25.8. The van der Waals surface area contributed by atoms with Gasteiger partial charge in [0, 0.05) is 16.7 Å². The number of nitrogens with zero attached hydrogens (tertiary/aromatic N) is 1. The molecule has 1 fully saturated rings. The van der Waals surface area contributed by atoms with Gasteiger partial charge >= 0.3 is 11.8 Å². The Morgan fingerprint density at radius 2 is 2.15 bits per heavy atom. The summed E-state index contributed by atoms with van der Waals surface area (Å²) < 4.78 is 6.30. The molecule has 1 saturated heterocycles. The van der Waals surface area contributed by atoms with Crippen LogP contribution in [0.4, 0.5) is 5.69 Å². The first-order chi connectivity index (χ1) is 9.49. The smallest absolute Gasteiger partial charge is 0.313 e. The molecule has 1 aromatic rings. The third-order valence-corrected chi connectivity index (χ3v) is 3.91. The van der Waals surface area contributed by atoms with Gasteiger partial charge in [0.2, 0.25) is 0 Å². The Labute approximate surface area is 126 Å². The summed E-state index contributed by atoms with van der Waals surface area (Å²) in [5, 5.41) is 2.61. The van der Waals surface area contributed by atoms with Crippen LogP contribution in [0.1, 0.15) is 13.8 Å². The molecule has 0 spiro atoms. The number of carbonyl (C=O) groups excluding carboxylic acids is 2. The van der Waals surface area contributed by atoms with Gasteiger partial charge < -0.3 is 15.0 Å². The van der Waals surface area contributed by atoms with Crippen molar-refractivity contribution in [3.8, 4) is 0 Å². The quantitative estimate of drug-likeness (QED) is 0.795. The molecular formula is C14H17BrN2O3. The highest BCUT2D eigenvalue weighted by molar-refractivity contribution is 9.10. The first-order valence-electron chi connectivity index (χ1n) is 6.48. The Morgan fingerprint density at radius 3 is 2.85 bits per heavy atom. The summed E-state index contributed by atoms with van der Waals surface area (Å²) in [6.07, 6.45) is -0.0635. The first-order valence-corrected chi connectivity index (χ1v) is 7.27. The van der Waals surface area contributed by atoms with Crippen LogP contribution in [0.3, 0.4) is 0 Å². The predicted molar refractivity (Wildman–Crippen MR) is 79.4 cm³/mol.